The smallest absolute Gasteiger partial charge is 0.226 e. The van der Waals surface area contributed by atoms with Gasteiger partial charge in [0.2, 0.25) is 5.91 Å². The van der Waals surface area contributed by atoms with Gasteiger partial charge in [0.25, 0.3) is 0 Å². The van der Waals surface area contributed by atoms with Crippen LogP contribution in [0, 0.1) is 0 Å². The molecule has 0 bridgehead atoms. The summed E-state index contributed by atoms with van der Waals surface area (Å²) >= 11 is 5.63. The SMILES string of the molecule is CCc1ccccc1NC(=O)CCN1C(=S)N[C@H](c2ccccn2)[C@@H]1c1ccc[nH]1. The van der Waals surface area contributed by atoms with E-state index in [4.69, 9.17) is 12.2 Å². The Morgan fingerprint density at radius 1 is 1.17 bits per heavy atom. The van der Waals surface area contributed by atoms with Gasteiger partial charge in [-0.05, 0) is 54.5 Å². The minimum atomic E-state index is -0.0822. The van der Waals surface area contributed by atoms with Crippen LogP contribution in [-0.2, 0) is 11.2 Å². The molecule has 2 atom stereocenters. The van der Waals surface area contributed by atoms with Gasteiger partial charge >= 0.3 is 0 Å². The highest BCUT2D eigenvalue weighted by molar-refractivity contribution is 7.80. The molecule has 1 aliphatic heterocycles. The first-order valence-electron chi connectivity index (χ1n) is 10.2. The quantitative estimate of drug-likeness (QED) is 0.506. The van der Waals surface area contributed by atoms with E-state index in [1.165, 1.54) is 0 Å². The van der Waals surface area contributed by atoms with Crippen LogP contribution >= 0.6 is 12.2 Å². The molecule has 0 unspecified atom stereocenters. The van der Waals surface area contributed by atoms with Gasteiger partial charge in [-0.15, -0.1) is 0 Å². The second-order valence-electron chi connectivity index (χ2n) is 7.25. The van der Waals surface area contributed by atoms with Crippen molar-refractivity contribution in [2.24, 2.45) is 0 Å². The third-order valence-corrected chi connectivity index (χ3v) is 5.74. The summed E-state index contributed by atoms with van der Waals surface area (Å²) in [5.74, 6) is -0.0229. The van der Waals surface area contributed by atoms with Crippen molar-refractivity contribution in [2.45, 2.75) is 31.8 Å². The van der Waals surface area contributed by atoms with Crippen LogP contribution in [-0.4, -0.2) is 32.4 Å². The molecule has 3 N–H and O–H groups in total. The predicted molar refractivity (Wildman–Crippen MR) is 122 cm³/mol. The summed E-state index contributed by atoms with van der Waals surface area (Å²) in [6, 6.07) is 17.6. The van der Waals surface area contributed by atoms with Crippen LogP contribution in [0.5, 0.6) is 0 Å². The summed E-state index contributed by atoms with van der Waals surface area (Å²) < 4.78 is 0. The van der Waals surface area contributed by atoms with E-state index in [1.807, 2.05) is 60.8 Å². The Morgan fingerprint density at radius 2 is 2.00 bits per heavy atom. The number of carbonyl (C=O) groups excluding carboxylic acids is 1. The number of nitrogens with zero attached hydrogens (tertiary/aromatic N) is 2. The third-order valence-electron chi connectivity index (χ3n) is 5.39. The zero-order chi connectivity index (χ0) is 20.9. The number of carbonyl (C=O) groups is 1. The fourth-order valence-corrected chi connectivity index (χ4v) is 4.23. The standard InChI is InChI=1S/C23H25N5OS/c1-2-16-8-3-4-9-17(16)26-20(29)12-15-28-22(19-11-7-14-25-19)21(27-23(28)30)18-10-5-6-13-24-18/h3-11,13-14,21-22,25H,2,12,15H2,1H3,(H,26,29)(H,27,30)/t21-,22+/m1/s1. The number of aromatic nitrogens is 2. The number of hydrogen-bond acceptors (Lipinski definition) is 3. The van der Waals surface area contributed by atoms with Crippen molar-refractivity contribution in [1.29, 1.82) is 0 Å². The van der Waals surface area contributed by atoms with Crippen LogP contribution < -0.4 is 10.6 Å². The lowest BCUT2D eigenvalue weighted by Crippen LogP contribution is -2.32. The molecule has 1 aliphatic rings. The largest absolute Gasteiger partial charge is 0.363 e. The summed E-state index contributed by atoms with van der Waals surface area (Å²) in [4.78, 5) is 22.6. The van der Waals surface area contributed by atoms with Crippen LogP contribution in [0.25, 0.3) is 0 Å². The van der Waals surface area contributed by atoms with Crippen molar-refractivity contribution < 1.29 is 4.79 Å². The molecule has 1 aromatic carbocycles. The van der Waals surface area contributed by atoms with Gasteiger partial charge in [-0.1, -0.05) is 31.2 Å². The van der Waals surface area contributed by atoms with Crippen molar-refractivity contribution in [1.82, 2.24) is 20.2 Å². The maximum atomic E-state index is 12.7. The number of aryl methyl sites for hydroxylation is 1. The minimum Gasteiger partial charge on any atom is -0.363 e. The number of rotatable bonds is 7. The normalized spacial score (nSPS) is 18.3. The second-order valence-corrected chi connectivity index (χ2v) is 7.64. The van der Waals surface area contributed by atoms with Gasteiger partial charge in [-0.25, -0.2) is 0 Å². The van der Waals surface area contributed by atoms with Crippen LogP contribution in [0.15, 0.2) is 67.0 Å². The molecule has 30 heavy (non-hydrogen) atoms. The Bertz CT molecular complexity index is 1010. The van der Waals surface area contributed by atoms with Crippen molar-refractivity contribution >= 4 is 28.9 Å². The second kappa shape index (κ2) is 9.09. The first-order valence-corrected chi connectivity index (χ1v) is 10.6. The van der Waals surface area contributed by atoms with E-state index >= 15 is 0 Å². The fraction of sp³-hybridized carbons (Fsp3) is 0.261. The number of hydrogen-bond donors (Lipinski definition) is 3. The zero-order valence-electron chi connectivity index (χ0n) is 16.8. The highest BCUT2D eigenvalue weighted by Crippen LogP contribution is 2.37. The lowest BCUT2D eigenvalue weighted by Gasteiger charge is -2.26. The average Bonchev–Trinajstić information content (AvgIpc) is 3.41. The summed E-state index contributed by atoms with van der Waals surface area (Å²) in [5, 5.41) is 7.07. The van der Waals surface area contributed by atoms with Crippen LogP contribution in [0.3, 0.4) is 0 Å². The number of para-hydroxylation sites is 1. The molecule has 0 saturated carbocycles. The lowest BCUT2D eigenvalue weighted by atomic mass is 10.0. The number of H-pyrrole nitrogens is 1. The zero-order valence-corrected chi connectivity index (χ0v) is 17.7. The number of anilines is 1. The molecule has 1 amide bonds. The van der Waals surface area contributed by atoms with Crippen molar-refractivity contribution in [2.75, 3.05) is 11.9 Å². The van der Waals surface area contributed by atoms with E-state index in [1.54, 1.807) is 6.20 Å². The van der Waals surface area contributed by atoms with E-state index in [2.05, 4.69) is 32.4 Å². The van der Waals surface area contributed by atoms with Gasteiger partial charge in [0.15, 0.2) is 5.11 Å². The molecule has 0 spiro atoms. The Hall–Kier alpha value is -3.19. The molecular formula is C23H25N5OS. The molecule has 3 aromatic rings. The third kappa shape index (κ3) is 4.21. The van der Waals surface area contributed by atoms with Crippen molar-refractivity contribution in [3.63, 3.8) is 0 Å². The van der Waals surface area contributed by atoms with Gasteiger partial charge in [-0.2, -0.15) is 0 Å². The Kier molecular flexibility index (Phi) is 6.09. The number of aromatic amines is 1. The highest BCUT2D eigenvalue weighted by Gasteiger charge is 2.40. The van der Waals surface area contributed by atoms with Gasteiger partial charge in [0.1, 0.15) is 0 Å². The number of pyridine rings is 1. The van der Waals surface area contributed by atoms with Gasteiger partial charge in [-0.3, -0.25) is 9.78 Å². The maximum absolute atomic E-state index is 12.7. The van der Waals surface area contributed by atoms with Crippen molar-refractivity contribution in [3.8, 4) is 0 Å². The van der Waals surface area contributed by atoms with Gasteiger partial charge in [0.05, 0.1) is 17.8 Å². The van der Waals surface area contributed by atoms with E-state index in [9.17, 15) is 4.79 Å². The minimum absolute atomic E-state index is 0.0229. The lowest BCUT2D eigenvalue weighted by molar-refractivity contribution is -0.116. The fourth-order valence-electron chi connectivity index (χ4n) is 3.90. The Morgan fingerprint density at radius 3 is 2.73 bits per heavy atom. The molecule has 154 valence electrons. The predicted octanol–water partition coefficient (Wildman–Crippen LogP) is 3.97. The van der Waals surface area contributed by atoms with Crippen LogP contribution in [0.4, 0.5) is 5.69 Å². The Labute approximate surface area is 181 Å². The van der Waals surface area contributed by atoms with Gasteiger partial charge < -0.3 is 20.5 Å². The molecule has 2 aromatic heterocycles. The first-order chi connectivity index (χ1) is 14.7. The number of nitrogens with one attached hydrogen (secondary N) is 3. The Balaban J connectivity index is 1.49. The van der Waals surface area contributed by atoms with Crippen molar-refractivity contribution in [3.05, 3.63) is 83.9 Å². The molecule has 0 aliphatic carbocycles. The van der Waals surface area contributed by atoms with Crippen LogP contribution in [0.1, 0.15) is 42.4 Å². The molecule has 3 heterocycles. The van der Waals surface area contributed by atoms with Gasteiger partial charge in [0, 0.05) is 36.7 Å². The molecular weight excluding hydrogens is 394 g/mol. The molecule has 0 radical (unpaired) electrons. The molecule has 4 rings (SSSR count). The molecule has 1 fully saturated rings. The molecule has 6 nitrogen and oxygen atoms in total. The van der Waals surface area contributed by atoms with E-state index in [0.29, 0.717) is 18.1 Å². The summed E-state index contributed by atoms with van der Waals surface area (Å²) in [7, 11) is 0. The number of thiocarbonyl (C=S) groups is 1. The summed E-state index contributed by atoms with van der Waals surface area (Å²) in [6.07, 6.45) is 4.90. The molecule has 1 saturated heterocycles. The number of benzene rings is 1. The molecule has 7 heteroatoms. The number of amides is 1. The summed E-state index contributed by atoms with van der Waals surface area (Å²) in [5.41, 5.74) is 3.96. The topological polar surface area (TPSA) is 73.1 Å². The summed E-state index contributed by atoms with van der Waals surface area (Å²) in [6.45, 7) is 2.59. The van der Waals surface area contributed by atoms with E-state index < -0.39 is 0 Å². The van der Waals surface area contributed by atoms with E-state index in [0.717, 1.165) is 29.1 Å². The van der Waals surface area contributed by atoms with Crippen LogP contribution in [0.2, 0.25) is 0 Å². The first kappa shape index (κ1) is 20.1. The monoisotopic (exact) mass is 419 g/mol. The average molecular weight is 420 g/mol. The maximum Gasteiger partial charge on any atom is 0.226 e. The van der Waals surface area contributed by atoms with E-state index in [-0.39, 0.29) is 18.0 Å². The highest BCUT2D eigenvalue weighted by atomic mass is 32.1.